The maximum absolute atomic E-state index is 12.2. The maximum atomic E-state index is 12.2. The van der Waals surface area contributed by atoms with Crippen LogP contribution in [0.25, 0.3) is 11.0 Å². The van der Waals surface area contributed by atoms with Crippen molar-refractivity contribution < 1.29 is 13.5 Å². The molecule has 0 saturated carbocycles. The number of aromatic nitrogens is 3. The van der Waals surface area contributed by atoms with E-state index in [9.17, 15) is 13.5 Å². The lowest BCUT2D eigenvalue weighted by Crippen LogP contribution is -2.13. The van der Waals surface area contributed by atoms with Crippen molar-refractivity contribution in [2.75, 3.05) is 0 Å². The standard InChI is InChI=1S/C18H19N3O3S/c22-16(13-12-15-7-2-1-3-8-15)9-6-14-25(23,24)21-19-17-10-4-5-11-18(17)20-21/h1-8,10-11,14,16,22H,9,12-13H2/b14-6+. The molecule has 0 bridgehead atoms. The molecule has 0 saturated heterocycles. The van der Waals surface area contributed by atoms with Crippen molar-refractivity contribution in [1.29, 1.82) is 0 Å². The van der Waals surface area contributed by atoms with Gasteiger partial charge in [-0.1, -0.05) is 52.7 Å². The van der Waals surface area contributed by atoms with E-state index in [0.29, 0.717) is 21.7 Å². The number of hydrogen-bond acceptors (Lipinski definition) is 5. The molecule has 2 aromatic carbocycles. The Bertz CT molecular complexity index is 932. The third-order valence-electron chi connectivity index (χ3n) is 3.78. The Kier molecular flexibility index (Phi) is 5.25. The van der Waals surface area contributed by atoms with Gasteiger partial charge in [-0.05, 0) is 37.0 Å². The van der Waals surface area contributed by atoms with Gasteiger partial charge < -0.3 is 5.11 Å². The SMILES string of the molecule is O=S(=O)(/C=C/CC(O)CCc1ccccc1)n1nc2ccccc2n1. The van der Waals surface area contributed by atoms with E-state index in [2.05, 4.69) is 10.2 Å². The summed E-state index contributed by atoms with van der Waals surface area (Å²) in [5.41, 5.74) is 2.18. The van der Waals surface area contributed by atoms with Crippen LogP contribution in [0.2, 0.25) is 0 Å². The summed E-state index contributed by atoms with van der Waals surface area (Å²) >= 11 is 0. The summed E-state index contributed by atoms with van der Waals surface area (Å²) in [6.07, 6.45) is 2.41. The molecule has 1 atom stereocenters. The number of aliphatic hydroxyl groups is 1. The van der Waals surface area contributed by atoms with E-state index in [4.69, 9.17) is 0 Å². The predicted octanol–water partition coefficient (Wildman–Crippen LogP) is 2.51. The molecule has 0 aliphatic carbocycles. The normalized spacial score (nSPS) is 13.5. The monoisotopic (exact) mass is 357 g/mol. The molecule has 0 fully saturated rings. The molecule has 1 heterocycles. The zero-order valence-corrected chi connectivity index (χ0v) is 14.4. The highest BCUT2D eigenvalue weighted by Crippen LogP contribution is 2.11. The number of nitrogens with zero attached hydrogens (tertiary/aromatic N) is 3. The van der Waals surface area contributed by atoms with Crippen molar-refractivity contribution in [2.45, 2.75) is 25.4 Å². The Labute approximate surface area is 146 Å². The Morgan fingerprint density at radius 3 is 2.24 bits per heavy atom. The molecule has 0 radical (unpaired) electrons. The minimum atomic E-state index is -3.78. The van der Waals surface area contributed by atoms with Crippen molar-refractivity contribution in [3.05, 3.63) is 71.6 Å². The van der Waals surface area contributed by atoms with Gasteiger partial charge in [0.05, 0.1) is 11.5 Å². The van der Waals surface area contributed by atoms with Crippen LogP contribution in [-0.2, 0) is 16.4 Å². The van der Waals surface area contributed by atoms with Crippen molar-refractivity contribution >= 4 is 21.1 Å². The Morgan fingerprint density at radius 2 is 1.60 bits per heavy atom. The van der Waals surface area contributed by atoms with Crippen molar-refractivity contribution in [2.24, 2.45) is 0 Å². The summed E-state index contributed by atoms with van der Waals surface area (Å²) in [6, 6.07) is 16.8. The number of benzene rings is 2. The van der Waals surface area contributed by atoms with Crippen LogP contribution in [0.3, 0.4) is 0 Å². The van der Waals surface area contributed by atoms with E-state index >= 15 is 0 Å². The van der Waals surface area contributed by atoms with Gasteiger partial charge in [0.25, 0.3) is 10.0 Å². The number of aryl methyl sites for hydroxylation is 1. The first kappa shape index (κ1) is 17.3. The summed E-state index contributed by atoms with van der Waals surface area (Å²) in [4.78, 5) is 0. The molecule has 7 heteroatoms. The molecule has 1 aromatic heterocycles. The van der Waals surface area contributed by atoms with Gasteiger partial charge >= 0.3 is 0 Å². The molecule has 1 unspecified atom stereocenters. The first-order chi connectivity index (χ1) is 12.0. The molecule has 0 aliphatic rings. The smallest absolute Gasteiger partial charge is 0.291 e. The lowest BCUT2D eigenvalue weighted by Gasteiger charge is -2.07. The second kappa shape index (κ2) is 7.58. The summed E-state index contributed by atoms with van der Waals surface area (Å²) in [5, 5.41) is 19.0. The first-order valence-corrected chi connectivity index (χ1v) is 9.51. The lowest BCUT2D eigenvalue weighted by atomic mass is 10.1. The lowest BCUT2D eigenvalue weighted by molar-refractivity contribution is 0.168. The van der Waals surface area contributed by atoms with E-state index in [1.54, 1.807) is 24.3 Å². The average Bonchev–Trinajstić information content (AvgIpc) is 3.06. The van der Waals surface area contributed by atoms with Crippen LogP contribution in [-0.4, -0.2) is 34.0 Å². The molecule has 1 N–H and O–H groups in total. The molecule has 3 aromatic rings. The number of aliphatic hydroxyl groups excluding tert-OH is 1. The van der Waals surface area contributed by atoms with Gasteiger partial charge in [0.15, 0.2) is 0 Å². The van der Waals surface area contributed by atoms with Crippen LogP contribution >= 0.6 is 0 Å². The third-order valence-corrected chi connectivity index (χ3v) is 4.94. The fourth-order valence-electron chi connectivity index (χ4n) is 2.44. The van der Waals surface area contributed by atoms with Crippen LogP contribution in [0.1, 0.15) is 18.4 Å². The fraction of sp³-hybridized carbons (Fsp3) is 0.222. The molecule has 0 aliphatic heterocycles. The molecule has 0 spiro atoms. The van der Waals surface area contributed by atoms with Gasteiger partial charge in [0, 0.05) is 0 Å². The van der Waals surface area contributed by atoms with E-state index in [0.717, 1.165) is 17.4 Å². The second-order valence-electron chi connectivity index (χ2n) is 5.74. The van der Waals surface area contributed by atoms with Crippen LogP contribution in [0, 0.1) is 0 Å². The van der Waals surface area contributed by atoms with Gasteiger partial charge in [-0.2, -0.15) is 8.42 Å². The molecule has 3 rings (SSSR count). The molecule has 25 heavy (non-hydrogen) atoms. The molecular formula is C18H19N3O3S. The summed E-state index contributed by atoms with van der Waals surface area (Å²) in [7, 11) is -3.78. The van der Waals surface area contributed by atoms with E-state index < -0.39 is 16.1 Å². The Morgan fingerprint density at radius 1 is 1.00 bits per heavy atom. The highest BCUT2D eigenvalue weighted by Gasteiger charge is 2.13. The first-order valence-electron chi connectivity index (χ1n) is 8.01. The van der Waals surface area contributed by atoms with E-state index in [-0.39, 0.29) is 6.42 Å². The number of fused-ring (bicyclic) bond motifs is 1. The minimum absolute atomic E-state index is 0.257. The van der Waals surface area contributed by atoms with Crippen molar-refractivity contribution in [1.82, 2.24) is 14.4 Å². The zero-order chi connectivity index (χ0) is 17.7. The maximum Gasteiger partial charge on any atom is 0.291 e. The van der Waals surface area contributed by atoms with Gasteiger partial charge in [-0.25, -0.2) is 0 Å². The topological polar surface area (TPSA) is 85.1 Å². The van der Waals surface area contributed by atoms with E-state index in [1.165, 1.54) is 6.08 Å². The average molecular weight is 357 g/mol. The minimum Gasteiger partial charge on any atom is -0.393 e. The largest absolute Gasteiger partial charge is 0.393 e. The fourth-order valence-corrected chi connectivity index (χ4v) is 3.30. The van der Waals surface area contributed by atoms with Crippen LogP contribution in [0.5, 0.6) is 0 Å². The number of hydrogen-bond donors (Lipinski definition) is 1. The zero-order valence-electron chi connectivity index (χ0n) is 13.6. The molecule has 6 nitrogen and oxygen atoms in total. The van der Waals surface area contributed by atoms with Crippen LogP contribution in [0.15, 0.2) is 66.1 Å². The summed E-state index contributed by atoms with van der Waals surface area (Å²) in [6.45, 7) is 0. The third kappa shape index (κ3) is 4.52. The van der Waals surface area contributed by atoms with Gasteiger partial charge in [0.1, 0.15) is 11.0 Å². The highest BCUT2D eigenvalue weighted by atomic mass is 32.2. The Balaban J connectivity index is 1.58. The summed E-state index contributed by atoms with van der Waals surface area (Å²) < 4.78 is 25.2. The van der Waals surface area contributed by atoms with Crippen LogP contribution in [0.4, 0.5) is 0 Å². The highest BCUT2D eigenvalue weighted by molar-refractivity contribution is 7.92. The van der Waals surface area contributed by atoms with Gasteiger partial charge in [0.2, 0.25) is 0 Å². The molecule has 0 amide bonds. The van der Waals surface area contributed by atoms with Crippen LogP contribution < -0.4 is 0 Å². The van der Waals surface area contributed by atoms with Gasteiger partial charge in [-0.15, -0.1) is 10.2 Å². The molecule has 130 valence electrons. The van der Waals surface area contributed by atoms with Gasteiger partial charge in [-0.3, -0.25) is 0 Å². The second-order valence-corrected chi connectivity index (χ2v) is 7.37. The van der Waals surface area contributed by atoms with Crippen molar-refractivity contribution in [3.63, 3.8) is 0 Å². The van der Waals surface area contributed by atoms with E-state index in [1.807, 2.05) is 30.3 Å². The number of rotatable bonds is 7. The quantitative estimate of drug-likeness (QED) is 0.702. The predicted molar refractivity (Wildman–Crippen MR) is 96.4 cm³/mol. The Hall–Kier alpha value is -2.51. The molecular weight excluding hydrogens is 338 g/mol. The summed E-state index contributed by atoms with van der Waals surface area (Å²) in [5.74, 6) is 0. The van der Waals surface area contributed by atoms with Crippen molar-refractivity contribution in [3.8, 4) is 0 Å².